The van der Waals surface area contributed by atoms with E-state index < -0.39 is 0 Å². The average Bonchev–Trinajstić information content (AvgIpc) is 3.19. The van der Waals surface area contributed by atoms with Crippen LogP contribution in [0.5, 0.6) is 5.75 Å². The number of nitrogens with zero attached hydrogens (tertiary/aromatic N) is 3. The lowest BCUT2D eigenvalue weighted by atomic mass is 10.2. The van der Waals surface area contributed by atoms with Gasteiger partial charge in [0.1, 0.15) is 23.1 Å². The van der Waals surface area contributed by atoms with E-state index in [1.807, 2.05) is 40.6 Å². The molecule has 0 bridgehead atoms. The Bertz CT molecular complexity index is 769. The molecule has 1 aromatic carbocycles. The number of thiazole rings is 1. The van der Waals surface area contributed by atoms with Crippen molar-refractivity contribution in [1.82, 2.24) is 14.8 Å². The molecule has 1 aliphatic rings. The Hall–Kier alpha value is -2.22. The number of para-hydroxylation sites is 1. The summed E-state index contributed by atoms with van der Waals surface area (Å²) in [5.74, 6) is 0.745. The van der Waals surface area contributed by atoms with Gasteiger partial charge in [-0.1, -0.05) is 18.2 Å². The van der Waals surface area contributed by atoms with Crippen molar-refractivity contribution in [2.24, 2.45) is 0 Å². The van der Waals surface area contributed by atoms with Gasteiger partial charge in [-0.25, -0.2) is 4.98 Å². The number of piperazine rings is 1. The van der Waals surface area contributed by atoms with Crippen LogP contribution in [0.3, 0.4) is 0 Å². The fourth-order valence-electron chi connectivity index (χ4n) is 2.98. The molecule has 3 rings (SSSR count). The summed E-state index contributed by atoms with van der Waals surface area (Å²) in [5.41, 5.74) is 1.40. The molecule has 7 heteroatoms. The average molecular weight is 388 g/mol. The summed E-state index contributed by atoms with van der Waals surface area (Å²) in [6, 6.07) is 7.74. The SMILES string of the molecule is C=CCN1CCN(C(=O)c2csc(-c3ccccc3OCCOC)n2)CC1. The number of hydrogen-bond acceptors (Lipinski definition) is 6. The Kier molecular flexibility index (Phi) is 6.98. The van der Waals surface area contributed by atoms with Gasteiger partial charge in [0.25, 0.3) is 5.91 Å². The Morgan fingerprint density at radius 2 is 2.04 bits per heavy atom. The van der Waals surface area contributed by atoms with Crippen LogP contribution in [0.2, 0.25) is 0 Å². The molecule has 0 unspecified atom stereocenters. The second kappa shape index (κ2) is 9.64. The third-order valence-electron chi connectivity index (χ3n) is 4.43. The molecule has 0 N–H and O–H groups in total. The molecule has 1 aliphatic heterocycles. The molecule has 27 heavy (non-hydrogen) atoms. The van der Waals surface area contributed by atoms with Crippen molar-refractivity contribution < 1.29 is 14.3 Å². The number of ether oxygens (including phenoxy) is 2. The maximum absolute atomic E-state index is 12.8. The number of carbonyl (C=O) groups is 1. The highest BCUT2D eigenvalue weighted by atomic mass is 32.1. The second-order valence-corrected chi connectivity index (χ2v) is 7.11. The van der Waals surface area contributed by atoms with Gasteiger partial charge in [-0.2, -0.15) is 0 Å². The first-order valence-corrected chi connectivity index (χ1v) is 9.90. The maximum Gasteiger partial charge on any atom is 0.273 e. The molecule has 6 nitrogen and oxygen atoms in total. The van der Waals surface area contributed by atoms with Crippen LogP contribution in [-0.4, -0.2) is 73.7 Å². The number of carbonyl (C=O) groups excluding carboxylic acids is 1. The van der Waals surface area contributed by atoms with Gasteiger partial charge in [-0.15, -0.1) is 17.9 Å². The van der Waals surface area contributed by atoms with Crippen molar-refractivity contribution in [2.45, 2.75) is 0 Å². The lowest BCUT2D eigenvalue weighted by molar-refractivity contribution is 0.0645. The molecular weight excluding hydrogens is 362 g/mol. The number of hydrogen-bond donors (Lipinski definition) is 0. The number of amides is 1. The zero-order chi connectivity index (χ0) is 19.1. The van der Waals surface area contributed by atoms with E-state index in [1.54, 1.807) is 7.11 Å². The van der Waals surface area contributed by atoms with Crippen molar-refractivity contribution >= 4 is 17.2 Å². The van der Waals surface area contributed by atoms with Crippen molar-refractivity contribution in [3.8, 4) is 16.3 Å². The van der Waals surface area contributed by atoms with E-state index in [2.05, 4.69) is 16.5 Å². The first-order valence-electron chi connectivity index (χ1n) is 9.02. The molecular formula is C20H25N3O3S. The van der Waals surface area contributed by atoms with Crippen molar-refractivity contribution in [2.75, 3.05) is 53.0 Å². The monoisotopic (exact) mass is 387 g/mol. The zero-order valence-electron chi connectivity index (χ0n) is 15.6. The zero-order valence-corrected chi connectivity index (χ0v) is 16.4. The lowest BCUT2D eigenvalue weighted by Crippen LogP contribution is -2.48. The quantitative estimate of drug-likeness (QED) is 0.515. The molecule has 1 amide bonds. The van der Waals surface area contributed by atoms with E-state index in [0.717, 1.165) is 49.0 Å². The Labute approximate surface area is 164 Å². The summed E-state index contributed by atoms with van der Waals surface area (Å²) >= 11 is 1.46. The minimum Gasteiger partial charge on any atom is -0.490 e. The fourth-order valence-corrected chi connectivity index (χ4v) is 3.80. The van der Waals surface area contributed by atoms with Crippen LogP contribution < -0.4 is 4.74 Å². The normalized spacial score (nSPS) is 14.9. The van der Waals surface area contributed by atoms with Crippen LogP contribution in [0, 0.1) is 0 Å². The van der Waals surface area contributed by atoms with Crippen LogP contribution in [0.4, 0.5) is 0 Å². The summed E-state index contributed by atoms with van der Waals surface area (Å²) in [5, 5.41) is 2.62. The summed E-state index contributed by atoms with van der Waals surface area (Å²) in [6.45, 7) is 8.80. The highest BCUT2D eigenvalue weighted by molar-refractivity contribution is 7.13. The minimum absolute atomic E-state index is 0.00599. The third-order valence-corrected chi connectivity index (χ3v) is 5.31. The Morgan fingerprint density at radius 3 is 2.78 bits per heavy atom. The van der Waals surface area contributed by atoms with E-state index in [1.165, 1.54) is 11.3 Å². The predicted octanol–water partition coefficient (Wildman–Crippen LogP) is 2.78. The van der Waals surface area contributed by atoms with Gasteiger partial charge in [-0.05, 0) is 12.1 Å². The van der Waals surface area contributed by atoms with Crippen molar-refractivity contribution in [3.63, 3.8) is 0 Å². The van der Waals surface area contributed by atoms with E-state index in [-0.39, 0.29) is 5.91 Å². The van der Waals surface area contributed by atoms with E-state index in [9.17, 15) is 4.79 Å². The molecule has 1 saturated heterocycles. The summed E-state index contributed by atoms with van der Waals surface area (Å²) in [6.07, 6.45) is 1.90. The minimum atomic E-state index is -0.00599. The van der Waals surface area contributed by atoms with Crippen molar-refractivity contribution in [3.05, 3.63) is 48.0 Å². The van der Waals surface area contributed by atoms with Crippen molar-refractivity contribution in [1.29, 1.82) is 0 Å². The van der Waals surface area contributed by atoms with E-state index >= 15 is 0 Å². The van der Waals surface area contributed by atoms with E-state index in [4.69, 9.17) is 9.47 Å². The van der Waals surface area contributed by atoms with Gasteiger partial charge in [0, 0.05) is 45.2 Å². The fraction of sp³-hybridized carbons (Fsp3) is 0.400. The largest absolute Gasteiger partial charge is 0.490 e. The Morgan fingerprint density at radius 1 is 1.26 bits per heavy atom. The third kappa shape index (κ3) is 4.94. The van der Waals surface area contributed by atoms with Gasteiger partial charge >= 0.3 is 0 Å². The van der Waals surface area contributed by atoms with Crippen LogP contribution in [0.15, 0.2) is 42.3 Å². The predicted molar refractivity (Wildman–Crippen MR) is 107 cm³/mol. The first-order chi connectivity index (χ1) is 13.2. The van der Waals surface area contributed by atoms with E-state index in [0.29, 0.717) is 18.9 Å². The maximum atomic E-state index is 12.8. The smallest absolute Gasteiger partial charge is 0.273 e. The summed E-state index contributed by atoms with van der Waals surface area (Å²) in [4.78, 5) is 21.5. The van der Waals surface area contributed by atoms with Gasteiger partial charge in [0.2, 0.25) is 0 Å². The highest BCUT2D eigenvalue weighted by Gasteiger charge is 2.24. The molecule has 0 saturated carbocycles. The van der Waals surface area contributed by atoms with Gasteiger partial charge in [-0.3, -0.25) is 9.69 Å². The topological polar surface area (TPSA) is 54.9 Å². The molecule has 1 fully saturated rings. The van der Waals surface area contributed by atoms with Gasteiger partial charge < -0.3 is 14.4 Å². The lowest BCUT2D eigenvalue weighted by Gasteiger charge is -2.33. The number of aromatic nitrogens is 1. The molecule has 0 spiro atoms. The van der Waals surface area contributed by atoms with Crippen LogP contribution in [-0.2, 0) is 4.74 Å². The van der Waals surface area contributed by atoms with Crippen LogP contribution >= 0.6 is 11.3 Å². The summed E-state index contributed by atoms with van der Waals surface area (Å²) in [7, 11) is 1.64. The molecule has 0 aliphatic carbocycles. The molecule has 144 valence electrons. The van der Waals surface area contributed by atoms with Crippen LogP contribution in [0.1, 0.15) is 10.5 Å². The highest BCUT2D eigenvalue weighted by Crippen LogP contribution is 2.32. The second-order valence-electron chi connectivity index (χ2n) is 6.26. The van der Waals surface area contributed by atoms with Gasteiger partial charge in [0.15, 0.2) is 0 Å². The number of benzene rings is 1. The summed E-state index contributed by atoms with van der Waals surface area (Å²) < 4.78 is 10.8. The molecule has 2 aromatic rings. The van der Waals surface area contributed by atoms with Gasteiger partial charge in [0.05, 0.1) is 12.2 Å². The van der Waals surface area contributed by atoms with Crippen LogP contribution in [0.25, 0.3) is 10.6 Å². The molecule has 0 atom stereocenters. The molecule has 0 radical (unpaired) electrons. The molecule has 2 heterocycles. The number of rotatable bonds is 8. The first kappa shape index (κ1) is 19.5. The Balaban J connectivity index is 1.68. The molecule has 1 aromatic heterocycles. The number of methoxy groups -OCH3 is 1. The standard InChI is InChI=1S/C20H25N3O3S/c1-3-8-22-9-11-23(12-10-22)20(24)17-15-27-19(21-17)16-6-4-5-7-18(16)26-14-13-25-2/h3-7,15H,1,8-14H2,2H3.